The highest BCUT2D eigenvalue weighted by molar-refractivity contribution is 5.96. The molecule has 9 nitrogen and oxygen atoms in total. The fraction of sp³-hybridized carbons (Fsp3) is 0.0455. The van der Waals surface area contributed by atoms with Gasteiger partial charge >= 0.3 is 11.7 Å². The summed E-state index contributed by atoms with van der Waals surface area (Å²) in [5, 5.41) is 15.2. The second-order valence-corrected chi connectivity index (χ2v) is 6.14. The number of hydrogen-bond acceptors (Lipinski definition) is 7. The van der Waals surface area contributed by atoms with Crippen molar-refractivity contribution in [1.29, 1.82) is 0 Å². The largest absolute Gasteiger partial charge is 0.497 e. The zero-order chi connectivity index (χ0) is 22.2. The van der Waals surface area contributed by atoms with Crippen LogP contribution in [0.15, 0.2) is 77.9 Å². The summed E-state index contributed by atoms with van der Waals surface area (Å²) >= 11 is 0. The number of rotatable bonds is 7. The van der Waals surface area contributed by atoms with E-state index in [4.69, 9.17) is 9.47 Å². The van der Waals surface area contributed by atoms with Gasteiger partial charge in [0.15, 0.2) is 0 Å². The van der Waals surface area contributed by atoms with E-state index >= 15 is 0 Å². The van der Waals surface area contributed by atoms with Crippen molar-refractivity contribution in [2.75, 3.05) is 7.11 Å². The highest BCUT2D eigenvalue weighted by Gasteiger charge is 2.22. The molecule has 1 amide bonds. The monoisotopic (exact) mass is 419 g/mol. The lowest BCUT2D eigenvalue weighted by Gasteiger charge is -2.08. The standard InChI is InChI=1S/C22H17N3O6/c1-30-18-12-10-15(11-13-18)21(26)24-23-14-17-8-5-9-19(25(28)29)20(17)31-22(27)16-6-3-2-4-7-16/h2-14H,1H3,(H,24,26)/b23-14+. The summed E-state index contributed by atoms with van der Waals surface area (Å²) in [5.41, 5.74) is 2.64. The van der Waals surface area contributed by atoms with Crippen LogP contribution in [0.2, 0.25) is 0 Å². The van der Waals surface area contributed by atoms with E-state index in [-0.39, 0.29) is 16.9 Å². The number of amides is 1. The van der Waals surface area contributed by atoms with E-state index in [2.05, 4.69) is 10.5 Å². The molecule has 0 saturated carbocycles. The van der Waals surface area contributed by atoms with Crippen molar-refractivity contribution >= 4 is 23.8 Å². The van der Waals surface area contributed by atoms with E-state index in [9.17, 15) is 19.7 Å². The van der Waals surface area contributed by atoms with Crippen molar-refractivity contribution in [3.63, 3.8) is 0 Å². The van der Waals surface area contributed by atoms with E-state index in [1.54, 1.807) is 42.5 Å². The molecule has 0 radical (unpaired) electrons. The first kappa shape index (κ1) is 21.2. The number of nitrogens with one attached hydrogen (secondary N) is 1. The number of esters is 1. The van der Waals surface area contributed by atoms with Crippen LogP contribution < -0.4 is 14.9 Å². The van der Waals surface area contributed by atoms with Crippen LogP contribution in [0.4, 0.5) is 5.69 Å². The van der Waals surface area contributed by atoms with Crippen LogP contribution in [0.5, 0.6) is 11.5 Å². The molecule has 0 bridgehead atoms. The van der Waals surface area contributed by atoms with E-state index in [0.717, 1.165) is 0 Å². The summed E-state index contributed by atoms with van der Waals surface area (Å²) in [4.78, 5) is 35.3. The van der Waals surface area contributed by atoms with Crippen LogP contribution in [-0.4, -0.2) is 30.1 Å². The van der Waals surface area contributed by atoms with Crippen LogP contribution in [0, 0.1) is 10.1 Å². The Morgan fingerprint density at radius 1 is 0.968 bits per heavy atom. The third-order valence-corrected chi connectivity index (χ3v) is 4.15. The molecule has 31 heavy (non-hydrogen) atoms. The number of hydrazone groups is 1. The Labute approximate surface area is 177 Å². The van der Waals surface area contributed by atoms with E-state index < -0.39 is 22.5 Å². The molecule has 0 heterocycles. The van der Waals surface area contributed by atoms with Gasteiger partial charge < -0.3 is 9.47 Å². The lowest BCUT2D eigenvalue weighted by molar-refractivity contribution is -0.385. The third kappa shape index (κ3) is 5.30. The molecule has 1 N–H and O–H groups in total. The number of nitro groups is 1. The smallest absolute Gasteiger partial charge is 0.343 e. The fourth-order valence-electron chi connectivity index (χ4n) is 2.59. The molecule has 0 fully saturated rings. The Kier molecular flexibility index (Phi) is 6.69. The highest BCUT2D eigenvalue weighted by atomic mass is 16.6. The molecule has 0 atom stereocenters. The van der Waals surface area contributed by atoms with Crippen molar-refractivity contribution in [3.05, 3.63) is 99.6 Å². The molecule has 0 unspecified atom stereocenters. The number of nitrogens with zero attached hydrogens (tertiary/aromatic N) is 2. The highest BCUT2D eigenvalue weighted by Crippen LogP contribution is 2.30. The summed E-state index contributed by atoms with van der Waals surface area (Å²) in [6.07, 6.45) is 1.17. The zero-order valence-electron chi connectivity index (χ0n) is 16.3. The molecule has 0 aliphatic carbocycles. The second-order valence-electron chi connectivity index (χ2n) is 6.14. The van der Waals surface area contributed by atoms with E-state index in [1.807, 2.05) is 0 Å². The second kappa shape index (κ2) is 9.79. The van der Waals surface area contributed by atoms with Crippen molar-refractivity contribution in [3.8, 4) is 11.5 Å². The van der Waals surface area contributed by atoms with Crippen molar-refractivity contribution < 1.29 is 24.0 Å². The molecule has 9 heteroatoms. The van der Waals surface area contributed by atoms with Gasteiger partial charge in [-0.25, -0.2) is 10.2 Å². The van der Waals surface area contributed by atoms with Crippen molar-refractivity contribution in [2.45, 2.75) is 0 Å². The first-order valence-electron chi connectivity index (χ1n) is 9.01. The van der Waals surface area contributed by atoms with Crippen LogP contribution in [0.25, 0.3) is 0 Å². The fourth-order valence-corrected chi connectivity index (χ4v) is 2.59. The van der Waals surface area contributed by atoms with Gasteiger partial charge in [0.05, 0.1) is 23.8 Å². The van der Waals surface area contributed by atoms with Crippen LogP contribution in [0.1, 0.15) is 26.3 Å². The van der Waals surface area contributed by atoms with Gasteiger partial charge in [0.1, 0.15) is 5.75 Å². The van der Waals surface area contributed by atoms with E-state index in [1.165, 1.54) is 43.7 Å². The van der Waals surface area contributed by atoms with Gasteiger partial charge in [0.2, 0.25) is 5.75 Å². The molecule has 0 aliphatic heterocycles. The number of ether oxygens (including phenoxy) is 2. The molecule has 3 rings (SSSR count). The molecule has 0 spiro atoms. The molecule has 0 aromatic heterocycles. The first-order valence-corrected chi connectivity index (χ1v) is 9.01. The Morgan fingerprint density at radius 2 is 1.68 bits per heavy atom. The molecular weight excluding hydrogens is 402 g/mol. The maximum Gasteiger partial charge on any atom is 0.343 e. The van der Waals surface area contributed by atoms with Gasteiger partial charge in [0.25, 0.3) is 5.91 Å². The molecule has 3 aromatic carbocycles. The summed E-state index contributed by atoms with van der Waals surface area (Å²) in [5.74, 6) is -0.927. The molecule has 0 saturated heterocycles. The van der Waals surface area contributed by atoms with Gasteiger partial charge in [0, 0.05) is 17.2 Å². The molecular formula is C22H17N3O6. The van der Waals surface area contributed by atoms with Gasteiger partial charge in [-0.15, -0.1) is 0 Å². The lowest BCUT2D eigenvalue weighted by Crippen LogP contribution is -2.17. The van der Waals surface area contributed by atoms with Gasteiger partial charge in [-0.1, -0.05) is 24.3 Å². The Balaban J connectivity index is 1.81. The number of hydrogen-bond donors (Lipinski definition) is 1. The average Bonchev–Trinajstić information content (AvgIpc) is 2.80. The lowest BCUT2D eigenvalue weighted by atomic mass is 10.2. The van der Waals surface area contributed by atoms with Crippen molar-refractivity contribution in [1.82, 2.24) is 5.43 Å². The molecule has 156 valence electrons. The number of benzene rings is 3. The minimum atomic E-state index is -0.758. The van der Waals surface area contributed by atoms with Crippen molar-refractivity contribution in [2.24, 2.45) is 5.10 Å². The summed E-state index contributed by atoms with van der Waals surface area (Å²) in [6, 6.07) is 18.6. The molecule has 0 aliphatic rings. The van der Waals surface area contributed by atoms with Crippen LogP contribution in [-0.2, 0) is 0 Å². The number of carbonyl (C=O) groups excluding carboxylic acids is 2. The number of carbonyl (C=O) groups is 2. The average molecular weight is 419 g/mol. The SMILES string of the molecule is COc1ccc(C(=O)N/N=C/c2cccc([N+](=O)[O-])c2OC(=O)c2ccccc2)cc1. The maximum absolute atomic E-state index is 12.4. The number of nitro benzene ring substituents is 1. The number of para-hydroxylation sites is 1. The van der Waals surface area contributed by atoms with Gasteiger partial charge in [-0.2, -0.15) is 5.10 Å². The van der Waals surface area contributed by atoms with Crippen LogP contribution in [0.3, 0.4) is 0 Å². The predicted octanol–water partition coefficient (Wildman–Crippen LogP) is 3.59. The Bertz CT molecular complexity index is 1130. The molecule has 3 aromatic rings. The van der Waals surface area contributed by atoms with Crippen LogP contribution >= 0.6 is 0 Å². The summed E-state index contributed by atoms with van der Waals surface area (Å²) in [7, 11) is 1.51. The normalized spacial score (nSPS) is 10.5. The zero-order valence-corrected chi connectivity index (χ0v) is 16.3. The third-order valence-electron chi connectivity index (χ3n) is 4.15. The summed E-state index contributed by atoms with van der Waals surface area (Å²) in [6.45, 7) is 0. The summed E-state index contributed by atoms with van der Waals surface area (Å²) < 4.78 is 10.3. The topological polar surface area (TPSA) is 120 Å². The van der Waals surface area contributed by atoms with Gasteiger partial charge in [-0.05, 0) is 42.5 Å². The Morgan fingerprint density at radius 3 is 2.32 bits per heavy atom. The quantitative estimate of drug-likeness (QED) is 0.205. The minimum Gasteiger partial charge on any atom is -0.497 e. The minimum absolute atomic E-state index is 0.147. The maximum atomic E-state index is 12.4. The van der Waals surface area contributed by atoms with Gasteiger partial charge in [-0.3, -0.25) is 14.9 Å². The number of methoxy groups -OCH3 is 1. The Hall–Kier alpha value is -4.53. The predicted molar refractivity (Wildman–Crippen MR) is 113 cm³/mol. The van der Waals surface area contributed by atoms with E-state index in [0.29, 0.717) is 11.3 Å². The first-order chi connectivity index (χ1) is 15.0.